The number of nitrogens with two attached hydrogens (primary N) is 1. The first-order valence-electron chi connectivity index (χ1n) is 6.56. The smallest absolute Gasteiger partial charge is 0.283 e. The number of oxazole rings is 1. The molecule has 0 atom stereocenters. The van der Waals surface area contributed by atoms with E-state index in [1.807, 2.05) is 6.92 Å². The fourth-order valence-electron chi connectivity index (χ4n) is 1.96. The number of aromatic nitrogens is 3. The van der Waals surface area contributed by atoms with Crippen LogP contribution in [0.4, 0.5) is 5.69 Å². The second-order valence-corrected chi connectivity index (χ2v) is 5.48. The van der Waals surface area contributed by atoms with Gasteiger partial charge in [0.1, 0.15) is 5.52 Å². The lowest BCUT2D eigenvalue weighted by atomic mass is 10.3. The first-order valence-corrected chi connectivity index (χ1v) is 7.38. The summed E-state index contributed by atoms with van der Waals surface area (Å²) in [5, 5.41) is 0.736. The van der Waals surface area contributed by atoms with Gasteiger partial charge in [-0.15, -0.1) is 0 Å². The van der Waals surface area contributed by atoms with Crippen LogP contribution in [-0.2, 0) is 6.54 Å². The van der Waals surface area contributed by atoms with Gasteiger partial charge in [-0.2, -0.15) is 0 Å². The zero-order valence-corrected chi connectivity index (χ0v) is 12.3. The Kier molecular flexibility index (Phi) is 3.66. The number of nitrogen functional groups attached to an aromatic ring is 1. The van der Waals surface area contributed by atoms with Crippen LogP contribution in [0.3, 0.4) is 0 Å². The number of aryl methyl sites for hydroxylation is 1. The van der Waals surface area contributed by atoms with E-state index in [0.29, 0.717) is 33.6 Å². The molecule has 0 saturated heterocycles. The fourth-order valence-corrected chi connectivity index (χ4v) is 2.72. The molecule has 21 heavy (non-hydrogen) atoms. The van der Waals surface area contributed by atoms with Gasteiger partial charge >= 0.3 is 0 Å². The zero-order chi connectivity index (χ0) is 14.8. The summed E-state index contributed by atoms with van der Waals surface area (Å²) in [5.41, 5.74) is 7.48. The molecule has 0 fully saturated rings. The van der Waals surface area contributed by atoms with Gasteiger partial charge in [0.05, 0.1) is 0 Å². The van der Waals surface area contributed by atoms with Gasteiger partial charge in [-0.3, -0.25) is 4.79 Å². The second kappa shape index (κ2) is 5.61. The molecule has 0 aliphatic rings. The van der Waals surface area contributed by atoms with Gasteiger partial charge in [0.2, 0.25) is 0 Å². The highest BCUT2D eigenvalue weighted by Gasteiger charge is 2.12. The third-order valence-corrected chi connectivity index (χ3v) is 3.75. The van der Waals surface area contributed by atoms with Crippen molar-refractivity contribution in [3.05, 3.63) is 40.9 Å². The highest BCUT2D eigenvalue weighted by molar-refractivity contribution is 7.99. The van der Waals surface area contributed by atoms with E-state index in [1.165, 1.54) is 0 Å². The van der Waals surface area contributed by atoms with Crippen molar-refractivity contribution in [2.75, 3.05) is 5.73 Å². The Balaban J connectivity index is 1.95. The van der Waals surface area contributed by atoms with Crippen LogP contribution < -0.4 is 11.3 Å². The lowest BCUT2D eigenvalue weighted by Gasteiger charge is -2.03. The Labute approximate surface area is 125 Å². The highest BCUT2D eigenvalue weighted by Crippen LogP contribution is 2.27. The lowest BCUT2D eigenvalue weighted by molar-refractivity contribution is 0.488. The summed E-state index contributed by atoms with van der Waals surface area (Å²) in [7, 11) is 0. The van der Waals surface area contributed by atoms with Crippen molar-refractivity contribution in [2.45, 2.75) is 30.1 Å². The average Bonchev–Trinajstić information content (AvgIpc) is 2.85. The predicted molar refractivity (Wildman–Crippen MR) is 81.3 cm³/mol. The molecule has 7 heteroatoms. The SMILES string of the molecule is CCCn1ccnc(Sc2nc3ccc(N)cc3o2)c1=O. The Morgan fingerprint density at radius 1 is 1.43 bits per heavy atom. The van der Waals surface area contributed by atoms with Gasteiger partial charge in [0.25, 0.3) is 10.8 Å². The van der Waals surface area contributed by atoms with Crippen LogP contribution in [0.5, 0.6) is 0 Å². The van der Waals surface area contributed by atoms with Crippen LogP contribution in [0.2, 0.25) is 0 Å². The molecule has 6 nitrogen and oxygen atoms in total. The molecular formula is C14H14N4O2S. The van der Waals surface area contributed by atoms with Crippen molar-refractivity contribution in [1.82, 2.24) is 14.5 Å². The third-order valence-electron chi connectivity index (χ3n) is 2.92. The molecule has 3 aromatic rings. The van der Waals surface area contributed by atoms with E-state index in [-0.39, 0.29) is 5.56 Å². The topological polar surface area (TPSA) is 86.9 Å². The van der Waals surface area contributed by atoms with Gasteiger partial charge in [-0.05, 0) is 30.3 Å². The quantitative estimate of drug-likeness (QED) is 0.745. The van der Waals surface area contributed by atoms with Crippen LogP contribution >= 0.6 is 11.8 Å². The summed E-state index contributed by atoms with van der Waals surface area (Å²) >= 11 is 1.12. The normalized spacial score (nSPS) is 11.1. The fraction of sp³-hybridized carbons (Fsp3) is 0.214. The Hall–Kier alpha value is -2.28. The van der Waals surface area contributed by atoms with Crippen molar-refractivity contribution in [1.29, 1.82) is 0 Å². The molecule has 0 aliphatic carbocycles. The van der Waals surface area contributed by atoms with Crippen LogP contribution in [0, 0.1) is 0 Å². The Bertz CT molecular complexity index is 840. The summed E-state index contributed by atoms with van der Waals surface area (Å²) in [6, 6.07) is 5.25. The van der Waals surface area contributed by atoms with Crippen LogP contribution in [0.15, 0.2) is 50.1 Å². The Morgan fingerprint density at radius 3 is 3.10 bits per heavy atom. The largest absolute Gasteiger partial charge is 0.431 e. The molecule has 0 aliphatic heterocycles. The molecule has 0 radical (unpaired) electrons. The molecule has 2 aromatic heterocycles. The Morgan fingerprint density at radius 2 is 2.29 bits per heavy atom. The van der Waals surface area contributed by atoms with Gasteiger partial charge in [0.15, 0.2) is 10.6 Å². The molecule has 0 unspecified atom stereocenters. The van der Waals surface area contributed by atoms with Crippen molar-refractivity contribution in [2.24, 2.45) is 0 Å². The maximum absolute atomic E-state index is 12.2. The van der Waals surface area contributed by atoms with Crippen molar-refractivity contribution in [3.8, 4) is 0 Å². The molecule has 2 N–H and O–H groups in total. The van der Waals surface area contributed by atoms with E-state index in [0.717, 1.165) is 18.2 Å². The maximum atomic E-state index is 12.2. The summed E-state index contributed by atoms with van der Waals surface area (Å²) in [5.74, 6) is 0. The van der Waals surface area contributed by atoms with Gasteiger partial charge in [0, 0.05) is 30.7 Å². The molecule has 0 saturated carbocycles. The monoisotopic (exact) mass is 302 g/mol. The summed E-state index contributed by atoms with van der Waals surface area (Å²) in [4.78, 5) is 20.7. The average molecular weight is 302 g/mol. The van der Waals surface area contributed by atoms with E-state index < -0.39 is 0 Å². The summed E-state index contributed by atoms with van der Waals surface area (Å²) in [6.07, 6.45) is 4.18. The predicted octanol–water partition coefficient (Wildman–Crippen LogP) is 2.53. The number of hydrogen-bond donors (Lipinski definition) is 1. The summed E-state index contributed by atoms with van der Waals surface area (Å²) in [6.45, 7) is 2.68. The van der Waals surface area contributed by atoms with E-state index in [1.54, 1.807) is 35.2 Å². The van der Waals surface area contributed by atoms with E-state index in [2.05, 4.69) is 9.97 Å². The number of fused-ring (bicyclic) bond motifs is 1. The maximum Gasteiger partial charge on any atom is 0.283 e. The minimum atomic E-state index is -0.133. The molecule has 0 spiro atoms. The third kappa shape index (κ3) is 2.78. The molecular weight excluding hydrogens is 288 g/mol. The number of anilines is 1. The molecule has 2 heterocycles. The van der Waals surface area contributed by atoms with Crippen molar-refractivity contribution in [3.63, 3.8) is 0 Å². The molecule has 1 aromatic carbocycles. The van der Waals surface area contributed by atoms with E-state index in [4.69, 9.17) is 10.2 Å². The van der Waals surface area contributed by atoms with Crippen LogP contribution in [0.1, 0.15) is 13.3 Å². The second-order valence-electron chi connectivity index (χ2n) is 4.54. The first kappa shape index (κ1) is 13.7. The highest BCUT2D eigenvalue weighted by atomic mass is 32.2. The molecule has 108 valence electrons. The first-order chi connectivity index (χ1) is 10.2. The van der Waals surface area contributed by atoms with Gasteiger partial charge < -0.3 is 14.7 Å². The van der Waals surface area contributed by atoms with Crippen molar-refractivity contribution < 1.29 is 4.42 Å². The minimum absolute atomic E-state index is 0.133. The van der Waals surface area contributed by atoms with E-state index >= 15 is 0 Å². The van der Waals surface area contributed by atoms with Crippen LogP contribution in [-0.4, -0.2) is 14.5 Å². The molecule has 3 rings (SSSR count). The lowest BCUT2D eigenvalue weighted by Crippen LogP contribution is -2.21. The van der Waals surface area contributed by atoms with Gasteiger partial charge in [-0.1, -0.05) is 6.92 Å². The number of nitrogens with zero attached hydrogens (tertiary/aromatic N) is 3. The number of rotatable bonds is 4. The van der Waals surface area contributed by atoms with Crippen molar-refractivity contribution >= 4 is 28.5 Å². The zero-order valence-electron chi connectivity index (χ0n) is 11.4. The minimum Gasteiger partial charge on any atom is -0.431 e. The molecule has 0 bridgehead atoms. The number of hydrogen-bond acceptors (Lipinski definition) is 6. The summed E-state index contributed by atoms with van der Waals surface area (Å²) < 4.78 is 7.23. The van der Waals surface area contributed by atoms with E-state index in [9.17, 15) is 4.79 Å². The standard InChI is InChI=1S/C14H14N4O2S/c1-2-6-18-7-5-16-12(13(18)19)21-14-17-10-4-3-9(15)8-11(10)20-14/h3-5,7-8H,2,6,15H2,1H3. The number of benzene rings is 1. The van der Waals surface area contributed by atoms with Gasteiger partial charge in [-0.25, -0.2) is 9.97 Å². The van der Waals surface area contributed by atoms with Crippen LogP contribution in [0.25, 0.3) is 11.1 Å². The molecule has 0 amide bonds.